The van der Waals surface area contributed by atoms with E-state index in [2.05, 4.69) is 20.8 Å². The number of nitrogens with zero attached hydrogens (tertiary/aromatic N) is 4. The molecule has 1 heterocycles. The lowest BCUT2D eigenvalue weighted by Gasteiger charge is -2.07. The van der Waals surface area contributed by atoms with E-state index in [9.17, 15) is 4.79 Å². The summed E-state index contributed by atoms with van der Waals surface area (Å²) in [6.07, 6.45) is 0.300. The number of nitrogens with two attached hydrogens (primary N) is 1. The third-order valence-corrected chi connectivity index (χ3v) is 2.37. The summed E-state index contributed by atoms with van der Waals surface area (Å²) in [5.41, 5.74) is 6.81. The van der Waals surface area contributed by atoms with Crippen molar-refractivity contribution < 1.29 is 4.79 Å². The van der Waals surface area contributed by atoms with Crippen LogP contribution in [0, 0.1) is 6.92 Å². The molecule has 7 nitrogen and oxygen atoms in total. The number of hydrogen-bond donors (Lipinski definition) is 2. The van der Waals surface area contributed by atoms with Gasteiger partial charge in [0.25, 0.3) is 0 Å². The number of aryl methyl sites for hydroxylation is 1. The van der Waals surface area contributed by atoms with Crippen molar-refractivity contribution in [2.24, 2.45) is 5.73 Å². The Morgan fingerprint density at radius 2 is 2.26 bits per heavy atom. The molecule has 0 atom stereocenters. The Morgan fingerprint density at radius 3 is 2.89 bits per heavy atom. The number of halogens is 1. The number of tetrazole rings is 1. The van der Waals surface area contributed by atoms with Crippen molar-refractivity contribution in [1.82, 2.24) is 20.2 Å². The van der Waals surface area contributed by atoms with E-state index >= 15 is 0 Å². The summed E-state index contributed by atoms with van der Waals surface area (Å²) in [5.74, 6) is 0.573. The fraction of sp³-hybridized carbons (Fsp3) is 0.273. The van der Waals surface area contributed by atoms with E-state index in [0.29, 0.717) is 24.5 Å². The number of carbonyl (C=O) groups is 1. The van der Waals surface area contributed by atoms with Crippen molar-refractivity contribution in [3.05, 3.63) is 30.1 Å². The highest BCUT2D eigenvalue weighted by atomic mass is 35.5. The first-order valence-electron chi connectivity index (χ1n) is 5.56. The number of amides is 1. The third-order valence-electron chi connectivity index (χ3n) is 2.37. The van der Waals surface area contributed by atoms with E-state index < -0.39 is 0 Å². The molecule has 1 amide bonds. The van der Waals surface area contributed by atoms with Crippen LogP contribution < -0.4 is 11.1 Å². The van der Waals surface area contributed by atoms with Gasteiger partial charge in [0, 0.05) is 18.7 Å². The van der Waals surface area contributed by atoms with E-state index in [0.717, 1.165) is 5.69 Å². The Hall–Kier alpha value is -1.99. The smallest absolute Gasteiger partial charge is 0.225 e. The summed E-state index contributed by atoms with van der Waals surface area (Å²) in [4.78, 5) is 11.4. The van der Waals surface area contributed by atoms with Gasteiger partial charge in [-0.3, -0.25) is 4.79 Å². The quantitative estimate of drug-likeness (QED) is 0.859. The minimum atomic E-state index is -0.108. The lowest BCUT2D eigenvalue weighted by molar-refractivity contribution is -0.116. The van der Waals surface area contributed by atoms with Crippen LogP contribution in [-0.2, 0) is 4.79 Å². The first-order valence-corrected chi connectivity index (χ1v) is 5.56. The van der Waals surface area contributed by atoms with Crippen LogP contribution in [0.4, 0.5) is 5.69 Å². The van der Waals surface area contributed by atoms with E-state index in [-0.39, 0.29) is 18.3 Å². The normalized spacial score (nSPS) is 9.79. The zero-order chi connectivity index (χ0) is 13.0. The maximum absolute atomic E-state index is 11.4. The molecular weight excluding hydrogens is 268 g/mol. The number of carbonyl (C=O) groups excluding carboxylic acids is 1. The Morgan fingerprint density at radius 1 is 1.47 bits per heavy atom. The second kappa shape index (κ2) is 6.81. The largest absolute Gasteiger partial charge is 0.330 e. The van der Waals surface area contributed by atoms with Crippen molar-refractivity contribution >= 4 is 24.0 Å². The van der Waals surface area contributed by atoms with Gasteiger partial charge in [-0.2, -0.15) is 4.68 Å². The summed E-state index contributed by atoms with van der Waals surface area (Å²) in [6.45, 7) is 2.14. The number of hydrogen-bond acceptors (Lipinski definition) is 5. The highest BCUT2D eigenvalue weighted by Crippen LogP contribution is 2.14. The van der Waals surface area contributed by atoms with Crippen LogP contribution in [0.2, 0.25) is 0 Å². The minimum absolute atomic E-state index is 0. The highest BCUT2D eigenvalue weighted by Gasteiger charge is 2.05. The lowest BCUT2D eigenvalue weighted by atomic mass is 10.2. The zero-order valence-electron chi connectivity index (χ0n) is 10.4. The summed E-state index contributed by atoms with van der Waals surface area (Å²) in [6, 6.07) is 7.30. The van der Waals surface area contributed by atoms with Gasteiger partial charge in [0.1, 0.15) is 0 Å². The van der Waals surface area contributed by atoms with Gasteiger partial charge in [-0.05, 0) is 35.5 Å². The van der Waals surface area contributed by atoms with Gasteiger partial charge in [-0.15, -0.1) is 17.5 Å². The molecule has 0 aliphatic carbocycles. The molecule has 2 rings (SSSR count). The topological polar surface area (TPSA) is 98.7 Å². The van der Waals surface area contributed by atoms with E-state index in [4.69, 9.17) is 5.73 Å². The summed E-state index contributed by atoms with van der Waals surface area (Å²) in [5, 5.41) is 14.0. The predicted octanol–water partition coefficient (Wildman–Crippen LogP) is 0.680. The number of rotatable bonds is 4. The van der Waals surface area contributed by atoms with Crippen molar-refractivity contribution in [3.8, 4) is 5.69 Å². The summed E-state index contributed by atoms with van der Waals surface area (Å²) >= 11 is 0. The second-order valence-electron chi connectivity index (χ2n) is 3.78. The standard InChI is InChI=1S/C11H14N6O.ClH/c1-8-14-15-16-17(8)10-4-2-3-9(7-10)13-11(18)5-6-12;/h2-4,7H,5-6,12H2,1H3,(H,13,18);1H. The van der Waals surface area contributed by atoms with Gasteiger partial charge in [-0.1, -0.05) is 6.07 Å². The van der Waals surface area contributed by atoms with Crippen molar-refractivity contribution in [3.63, 3.8) is 0 Å². The molecule has 0 radical (unpaired) electrons. The third kappa shape index (κ3) is 3.73. The van der Waals surface area contributed by atoms with Crippen LogP contribution in [-0.4, -0.2) is 32.7 Å². The van der Waals surface area contributed by atoms with Gasteiger partial charge < -0.3 is 11.1 Å². The van der Waals surface area contributed by atoms with Crippen LogP contribution in [0.25, 0.3) is 5.69 Å². The molecule has 0 spiro atoms. The van der Waals surface area contributed by atoms with E-state index in [1.165, 1.54) is 0 Å². The Kier molecular flexibility index (Phi) is 5.40. The van der Waals surface area contributed by atoms with Crippen LogP contribution in [0.3, 0.4) is 0 Å². The molecule has 0 unspecified atom stereocenters. The predicted molar refractivity (Wildman–Crippen MR) is 73.4 cm³/mol. The van der Waals surface area contributed by atoms with Gasteiger partial charge in [0.2, 0.25) is 5.91 Å². The van der Waals surface area contributed by atoms with Crippen LogP contribution >= 0.6 is 12.4 Å². The van der Waals surface area contributed by atoms with Crippen LogP contribution in [0.1, 0.15) is 12.2 Å². The Balaban J connectivity index is 0.00000180. The molecule has 8 heteroatoms. The number of nitrogens with one attached hydrogen (secondary N) is 1. The first kappa shape index (κ1) is 15.1. The lowest BCUT2D eigenvalue weighted by Crippen LogP contribution is -2.16. The average Bonchev–Trinajstić information content (AvgIpc) is 2.76. The minimum Gasteiger partial charge on any atom is -0.330 e. The fourth-order valence-corrected chi connectivity index (χ4v) is 1.54. The molecule has 2 aromatic rings. The molecule has 102 valence electrons. The molecule has 3 N–H and O–H groups in total. The fourth-order valence-electron chi connectivity index (χ4n) is 1.54. The summed E-state index contributed by atoms with van der Waals surface area (Å²) in [7, 11) is 0. The Bertz CT molecular complexity index is 556. The molecule has 0 fully saturated rings. The number of aromatic nitrogens is 4. The van der Waals surface area contributed by atoms with Gasteiger partial charge in [-0.25, -0.2) is 0 Å². The van der Waals surface area contributed by atoms with Gasteiger partial charge >= 0.3 is 0 Å². The van der Waals surface area contributed by atoms with Crippen molar-refractivity contribution in [2.75, 3.05) is 11.9 Å². The van der Waals surface area contributed by atoms with E-state index in [1.54, 1.807) is 23.7 Å². The monoisotopic (exact) mass is 282 g/mol. The molecule has 0 aliphatic heterocycles. The zero-order valence-corrected chi connectivity index (χ0v) is 11.2. The molecule has 0 aliphatic rings. The molecule has 1 aromatic carbocycles. The van der Waals surface area contributed by atoms with Gasteiger partial charge in [0.05, 0.1) is 5.69 Å². The molecule has 1 aromatic heterocycles. The molecule has 0 saturated heterocycles. The molecular formula is C11H15ClN6O. The second-order valence-corrected chi connectivity index (χ2v) is 3.78. The average molecular weight is 283 g/mol. The molecule has 19 heavy (non-hydrogen) atoms. The number of anilines is 1. The van der Waals surface area contributed by atoms with Crippen LogP contribution in [0.15, 0.2) is 24.3 Å². The maximum Gasteiger partial charge on any atom is 0.225 e. The Labute approximate surface area is 116 Å². The highest BCUT2D eigenvalue weighted by molar-refractivity contribution is 5.91. The van der Waals surface area contributed by atoms with Crippen molar-refractivity contribution in [1.29, 1.82) is 0 Å². The number of benzene rings is 1. The molecule has 0 bridgehead atoms. The van der Waals surface area contributed by atoms with E-state index in [1.807, 2.05) is 12.1 Å². The first-order chi connectivity index (χ1) is 8.70. The SMILES string of the molecule is Cc1nnnn1-c1cccc(NC(=O)CCN)c1.Cl. The maximum atomic E-state index is 11.4. The van der Waals surface area contributed by atoms with Crippen molar-refractivity contribution in [2.45, 2.75) is 13.3 Å². The van der Waals surface area contributed by atoms with Gasteiger partial charge in [0.15, 0.2) is 5.82 Å². The summed E-state index contributed by atoms with van der Waals surface area (Å²) < 4.78 is 1.60. The molecule has 0 saturated carbocycles. The van der Waals surface area contributed by atoms with Crippen LogP contribution in [0.5, 0.6) is 0 Å².